The number of hydrogen-bond donors (Lipinski definition) is 3. The lowest BCUT2D eigenvalue weighted by molar-refractivity contribution is -0.156. The van der Waals surface area contributed by atoms with Gasteiger partial charge in [0.25, 0.3) is 0 Å². The number of amides is 1. The maximum Gasteiger partial charge on any atom is 0.311 e. The molecule has 1 amide bonds. The number of carboxylic acid groups (broad SMARTS) is 1. The average Bonchev–Trinajstić information content (AvgIpc) is 3.53. The Morgan fingerprint density at radius 1 is 0.922 bits per heavy atom. The van der Waals surface area contributed by atoms with Crippen molar-refractivity contribution >= 4 is 39.5 Å². The lowest BCUT2D eigenvalue weighted by Gasteiger charge is -2.34. The number of nitrogens with one attached hydrogen (secondary N) is 2. The molecule has 0 saturated carbocycles. The number of carboxylic acids is 1. The zero-order chi connectivity index (χ0) is 36.5. The van der Waals surface area contributed by atoms with Crippen LogP contribution in [0.4, 0.5) is 0 Å². The van der Waals surface area contributed by atoms with Crippen LogP contribution in [0.15, 0.2) is 97.2 Å². The van der Waals surface area contributed by atoms with Gasteiger partial charge in [-0.15, -0.1) is 0 Å². The van der Waals surface area contributed by atoms with Crippen LogP contribution in [0.25, 0.3) is 21.7 Å². The predicted molar refractivity (Wildman–Crippen MR) is 199 cm³/mol. The minimum atomic E-state index is -0.942. The Hall–Kier alpha value is -5.19. The molecule has 5 aromatic rings. The first-order valence-corrected chi connectivity index (χ1v) is 17.3. The van der Waals surface area contributed by atoms with E-state index in [1.807, 2.05) is 106 Å². The normalized spacial score (nSPS) is 12.9. The van der Waals surface area contributed by atoms with Crippen LogP contribution in [0.5, 0.6) is 5.75 Å². The van der Waals surface area contributed by atoms with Gasteiger partial charge in [0.15, 0.2) is 0 Å². The second-order valence-electron chi connectivity index (χ2n) is 13.8. The van der Waals surface area contributed by atoms with Gasteiger partial charge >= 0.3 is 11.9 Å². The summed E-state index contributed by atoms with van der Waals surface area (Å²) >= 11 is 0. The number of methoxy groups -OCH3 is 1. The van der Waals surface area contributed by atoms with Gasteiger partial charge in [-0.2, -0.15) is 0 Å². The van der Waals surface area contributed by atoms with Crippen molar-refractivity contribution in [2.24, 2.45) is 0 Å². The summed E-state index contributed by atoms with van der Waals surface area (Å²) in [5, 5.41) is 15.1. The lowest BCUT2D eigenvalue weighted by atomic mass is 9.95. The Kier molecular flexibility index (Phi) is 12.1. The van der Waals surface area contributed by atoms with E-state index >= 15 is 0 Å². The molecule has 0 spiro atoms. The molecule has 0 fully saturated rings. The van der Waals surface area contributed by atoms with E-state index in [-0.39, 0.29) is 31.8 Å². The molecule has 1 heterocycles. The van der Waals surface area contributed by atoms with E-state index in [2.05, 4.69) is 16.5 Å². The van der Waals surface area contributed by atoms with Crippen LogP contribution < -0.4 is 10.2 Å². The van der Waals surface area contributed by atoms with Crippen molar-refractivity contribution < 1.29 is 29.0 Å². The Bertz CT molecular complexity index is 1960. The van der Waals surface area contributed by atoms with Crippen molar-refractivity contribution in [1.29, 1.82) is 0 Å². The first kappa shape index (κ1) is 37.1. The highest BCUT2D eigenvalue weighted by atomic mass is 16.6. The number of carbonyl (C=O) groups excluding carboxylic acids is 2. The summed E-state index contributed by atoms with van der Waals surface area (Å²) in [5.41, 5.74) is 6.09. The van der Waals surface area contributed by atoms with Crippen LogP contribution in [-0.2, 0) is 32.1 Å². The van der Waals surface area contributed by atoms with Gasteiger partial charge in [0.05, 0.1) is 19.4 Å². The number of fused-ring (bicyclic) bond motifs is 2. The number of aromatic nitrogens is 1. The topological polar surface area (TPSA) is 124 Å². The van der Waals surface area contributed by atoms with Gasteiger partial charge in [-0.05, 0) is 67.6 Å². The van der Waals surface area contributed by atoms with Crippen LogP contribution in [0.1, 0.15) is 56.2 Å². The summed E-state index contributed by atoms with van der Waals surface area (Å²) in [7, 11) is 3.36. The molecule has 0 aliphatic heterocycles. The van der Waals surface area contributed by atoms with Crippen molar-refractivity contribution in [2.75, 3.05) is 27.2 Å². The molecular formula is C41H48N4O6. The van der Waals surface area contributed by atoms with Crippen molar-refractivity contribution in [3.8, 4) is 5.75 Å². The Balaban J connectivity index is 1.45. The zero-order valence-electron chi connectivity index (χ0n) is 30.0. The molecule has 10 nitrogen and oxygen atoms in total. The number of nitrogens with zero attached hydrogens (tertiary/aromatic N) is 2. The smallest absolute Gasteiger partial charge is 0.311 e. The van der Waals surface area contributed by atoms with E-state index in [0.717, 1.165) is 32.8 Å². The van der Waals surface area contributed by atoms with E-state index in [1.54, 1.807) is 30.3 Å². The molecule has 51 heavy (non-hydrogen) atoms. The maximum atomic E-state index is 14.6. The average molecular weight is 693 g/mol. The maximum absolute atomic E-state index is 14.6. The summed E-state index contributed by atoms with van der Waals surface area (Å²) in [6.07, 6.45) is 2.36. The first-order valence-electron chi connectivity index (χ1n) is 17.3. The van der Waals surface area contributed by atoms with E-state index in [0.29, 0.717) is 24.3 Å². The van der Waals surface area contributed by atoms with Crippen LogP contribution in [0.2, 0.25) is 0 Å². The fourth-order valence-corrected chi connectivity index (χ4v) is 6.44. The second kappa shape index (κ2) is 16.7. The molecule has 0 unspecified atom stereocenters. The number of benzene rings is 4. The molecular weight excluding hydrogens is 644 g/mol. The Morgan fingerprint density at radius 3 is 2.37 bits per heavy atom. The lowest BCUT2D eigenvalue weighted by Crippen LogP contribution is -2.55. The van der Waals surface area contributed by atoms with Gasteiger partial charge in [-0.1, -0.05) is 78.9 Å². The number of esters is 1. The fraction of sp³-hybridized carbons (Fsp3) is 0.341. The van der Waals surface area contributed by atoms with E-state index in [9.17, 15) is 19.5 Å². The van der Waals surface area contributed by atoms with E-state index < -0.39 is 29.5 Å². The summed E-state index contributed by atoms with van der Waals surface area (Å²) in [5.74, 6) is -1.63. The molecule has 10 heteroatoms. The number of aromatic amines is 1. The molecule has 5 rings (SSSR count). The number of H-pyrrole nitrogens is 1. The molecule has 2 atom stereocenters. The van der Waals surface area contributed by atoms with Crippen LogP contribution in [0, 0.1) is 0 Å². The van der Waals surface area contributed by atoms with Gasteiger partial charge in [0.1, 0.15) is 17.4 Å². The van der Waals surface area contributed by atoms with E-state index in [4.69, 9.17) is 9.47 Å². The third kappa shape index (κ3) is 9.74. The van der Waals surface area contributed by atoms with Gasteiger partial charge in [0.2, 0.25) is 5.91 Å². The largest absolute Gasteiger partial charge is 0.496 e. The fourth-order valence-electron chi connectivity index (χ4n) is 6.44. The molecule has 0 aliphatic carbocycles. The SMILES string of the molecule is COc1ccccc1CN(C)C(=O)[C@H](Cc1ccc2ccccc2c1)N(CCC(=O)OC(C)(C)C)NCC[C@H](C(=O)O)c1c[nH]c2ccccc12. The molecule has 0 radical (unpaired) electrons. The monoisotopic (exact) mass is 692 g/mol. The predicted octanol–water partition coefficient (Wildman–Crippen LogP) is 6.70. The van der Waals surface area contributed by atoms with Crippen molar-refractivity contribution in [2.45, 2.75) is 64.1 Å². The third-order valence-electron chi connectivity index (χ3n) is 8.90. The molecule has 0 aliphatic rings. The number of rotatable bonds is 16. The van der Waals surface area contributed by atoms with Crippen LogP contribution in [-0.4, -0.2) is 76.7 Å². The highest BCUT2D eigenvalue weighted by Crippen LogP contribution is 2.28. The van der Waals surface area contributed by atoms with Crippen LogP contribution in [0.3, 0.4) is 0 Å². The molecule has 268 valence electrons. The Labute approximate surface area is 299 Å². The second-order valence-corrected chi connectivity index (χ2v) is 13.8. The van der Waals surface area contributed by atoms with Gasteiger partial charge in [-0.25, -0.2) is 5.01 Å². The summed E-state index contributed by atoms with van der Waals surface area (Å²) in [6.45, 7) is 6.15. The number of aliphatic carboxylic acids is 1. The number of ether oxygens (including phenoxy) is 2. The third-order valence-corrected chi connectivity index (χ3v) is 8.90. The van der Waals surface area contributed by atoms with Gasteiger partial charge in [0, 0.05) is 49.3 Å². The summed E-state index contributed by atoms with van der Waals surface area (Å²) < 4.78 is 11.2. The zero-order valence-corrected chi connectivity index (χ0v) is 30.0. The molecule has 1 aromatic heterocycles. The highest BCUT2D eigenvalue weighted by Gasteiger charge is 2.31. The minimum Gasteiger partial charge on any atom is -0.496 e. The van der Waals surface area contributed by atoms with Gasteiger partial charge < -0.3 is 24.5 Å². The van der Waals surface area contributed by atoms with Crippen LogP contribution >= 0.6 is 0 Å². The number of hydrogen-bond acceptors (Lipinski definition) is 7. The number of carbonyl (C=O) groups is 3. The van der Waals surface area contributed by atoms with Gasteiger partial charge in [-0.3, -0.25) is 19.8 Å². The number of hydrazine groups is 1. The molecule has 0 saturated heterocycles. The molecule has 0 bridgehead atoms. The highest BCUT2D eigenvalue weighted by molar-refractivity contribution is 5.89. The summed E-state index contributed by atoms with van der Waals surface area (Å²) in [6, 6.07) is 28.7. The quantitative estimate of drug-likeness (QED) is 0.0772. The molecule has 3 N–H and O–H groups in total. The number of likely N-dealkylation sites (N-methyl/N-ethyl adjacent to an activating group) is 1. The van der Waals surface area contributed by atoms with Crippen molar-refractivity contribution in [1.82, 2.24) is 20.3 Å². The Morgan fingerprint density at radius 2 is 1.63 bits per heavy atom. The first-order chi connectivity index (χ1) is 24.4. The summed E-state index contributed by atoms with van der Waals surface area (Å²) in [4.78, 5) is 45.0. The minimum absolute atomic E-state index is 0.0206. The van der Waals surface area contributed by atoms with E-state index in [1.165, 1.54) is 0 Å². The molecule has 4 aromatic carbocycles. The van der Waals surface area contributed by atoms with Crippen molar-refractivity contribution in [3.05, 3.63) is 114 Å². The standard InChI is InChI=1S/C41H48N4O6/c1-41(2,3)51-38(46)21-23-45(43-22-20-33(40(48)49)34-26-42-35-16-10-9-15-32(34)35)36(25-28-18-19-29-12-6-7-13-30(29)24-28)39(47)44(4)27-31-14-8-11-17-37(31)50-5/h6-19,24,26,33,36,42-43H,20-23,25,27H2,1-5H3,(H,48,49)/t33-,36-/m0/s1. The number of para-hydroxylation sites is 2. The van der Waals surface area contributed by atoms with Crippen molar-refractivity contribution in [3.63, 3.8) is 0 Å².